The van der Waals surface area contributed by atoms with Gasteiger partial charge in [-0.3, -0.25) is 0 Å². The molecule has 5 heteroatoms. The second-order valence-corrected chi connectivity index (χ2v) is 4.23. The summed E-state index contributed by atoms with van der Waals surface area (Å²) in [5, 5.41) is 3.60. The van der Waals surface area contributed by atoms with Crippen molar-refractivity contribution in [3.63, 3.8) is 0 Å². The predicted molar refractivity (Wildman–Crippen MR) is 62.6 cm³/mol. The number of ether oxygens (including phenoxy) is 1. The summed E-state index contributed by atoms with van der Waals surface area (Å²) in [5.41, 5.74) is 1.80. The summed E-state index contributed by atoms with van der Waals surface area (Å²) in [4.78, 5) is 8.41. The highest BCUT2D eigenvalue weighted by Crippen LogP contribution is 2.22. The van der Waals surface area contributed by atoms with Gasteiger partial charge in [-0.2, -0.15) is 4.98 Å². The molecule has 0 aliphatic rings. The molecule has 0 saturated heterocycles. The Kier molecular flexibility index (Phi) is 3.37. The Morgan fingerprint density at radius 3 is 2.76 bits per heavy atom. The maximum atomic E-state index is 5.17. The molecule has 0 aromatic carbocycles. The van der Waals surface area contributed by atoms with E-state index in [9.17, 15) is 0 Å². The van der Waals surface area contributed by atoms with Crippen molar-refractivity contribution in [2.75, 3.05) is 7.11 Å². The third-order valence-electron chi connectivity index (χ3n) is 2.29. The van der Waals surface area contributed by atoms with Crippen LogP contribution >= 0.6 is 0 Å². The van der Waals surface area contributed by atoms with Gasteiger partial charge < -0.3 is 9.26 Å². The molecule has 2 rings (SSSR count). The van der Waals surface area contributed by atoms with Crippen molar-refractivity contribution >= 4 is 0 Å². The van der Waals surface area contributed by atoms with Crippen LogP contribution in [-0.2, 0) is 6.42 Å². The lowest BCUT2D eigenvalue weighted by molar-refractivity contribution is 0.394. The fourth-order valence-corrected chi connectivity index (χ4v) is 1.61. The molecule has 2 heterocycles. The van der Waals surface area contributed by atoms with Gasteiger partial charge in [0.15, 0.2) is 6.33 Å². The van der Waals surface area contributed by atoms with Crippen LogP contribution in [0.5, 0.6) is 5.88 Å². The summed E-state index contributed by atoms with van der Waals surface area (Å²) in [6.45, 7) is 4.29. The molecule has 0 unspecified atom stereocenters. The number of aromatic nitrogens is 3. The van der Waals surface area contributed by atoms with E-state index in [2.05, 4.69) is 29.0 Å². The molecule has 2 aromatic heterocycles. The Morgan fingerprint density at radius 1 is 1.35 bits per heavy atom. The standard InChI is InChI=1S/C12H15N3O2/c1-8(2)4-10-5-9(6-11(15-10)16-3)12-13-7-14-17-12/h5-8H,4H2,1-3H3. The van der Waals surface area contributed by atoms with Crippen molar-refractivity contribution in [1.82, 2.24) is 15.1 Å². The zero-order valence-electron chi connectivity index (χ0n) is 10.2. The summed E-state index contributed by atoms with van der Waals surface area (Å²) < 4.78 is 10.2. The summed E-state index contributed by atoms with van der Waals surface area (Å²) in [7, 11) is 1.60. The molecular formula is C12H15N3O2. The minimum absolute atomic E-state index is 0.482. The molecule has 0 radical (unpaired) electrons. The molecule has 0 atom stereocenters. The maximum Gasteiger partial charge on any atom is 0.257 e. The van der Waals surface area contributed by atoms with Crippen LogP contribution in [0.25, 0.3) is 11.5 Å². The predicted octanol–water partition coefficient (Wildman–Crippen LogP) is 2.34. The number of pyridine rings is 1. The SMILES string of the molecule is COc1cc(-c2ncno2)cc(CC(C)C)n1. The zero-order chi connectivity index (χ0) is 12.3. The van der Waals surface area contributed by atoms with E-state index in [0.29, 0.717) is 17.7 Å². The van der Waals surface area contributed by atoms with Gasteiger partial charge in [0.1, 0.15) is 0 Å². The molecule has 0 fully saturated rings. The van der Waals surface area contributed by atoms with Gasteiger partial charge in [-0.1, -0.05) is 19.0 Å². The van der Waals surface area contributed by atoms with Crippen LogP contribution in [0.4, 0.5) is 0 Å². The highest BCUT2D eigenvalue weighted by Gasteiger charge is 2.10. The third-order valence-corrected chi connectivity index (χ3v) is 2.29. The normalized spacial score (nSPS) is 10.8. The summed E-state index contributed by atoms with van der Waals surface area (Å²) in [6.07, 6.45) is 2.27. The first-order valence-electron chi connectivity index (χ1n) is 5.51. The second kappa shape index (κ2) is 4.95. The van der Waals surface area contributed by atoms with Crippen LogP contribution in [0.2, 0.25) is 0 Å². The van der Waals surface area contributed by atoms with Crippen LogP contribution in [0.3, 0.4) is 0 Å². The van der Waals surface area contributed by atoms with Gasteiger partial charge in [0.2, 0.25) is 5.88 Å². The van der Waals surface area contributed by atoms with E-state index in [1.807, 2.05) is 6.07 Å². The molecule has 2 aromatic rings. The molecule has 0 bridgehead atoms. The van der Waals surface area contributed by atoms with Crippen molar-refractivity contribution in [1.29, 1.82) is 0 Å². The van der Waals surface area contributed by atoms with Gasteiger partial charge in [-0.15, -0.1) is 0 Å². The topological polar surface area (TPSA) is 61.0 Å². The lowest BCUT2D eigenvalue weighted by atomic mass is 10.1. The Balaban J connectivity index is 2.38. The highest BCUT2D eigenvalue weighted by atomic mass is 16.5. The van der Waals surface area contributed by atoms with Crippen LogP contribution in [0.15, 0.2) is 23.0 Å². The Labute approximate surface area is 99.8 Å². The molecule has 0 aliphatic carbocycles. The smallest absolute Gasteiger partial charge is 0.257 e. The van der Waals surface area contributed by atoms with Gasteiger partial charge in [0, 0.05) is 17.3 Å². The first kappa shape index (κ1) is 11.6. The number of rotatable bonds is 4. The van der Waals surface area contributed by atoms with E-state index < -0.39 is 0 Å². The monoisotopic (exact) mass is 233 g/mol. The molecule has 17 heavy (non-hydrogen) atoms. The largest absolute Gasteiger partial charge is 0.481 e. The Morgan fingerprint density at radius 2 is 2.18 bits per heavy atom. The highest BCUT2D eigenvalue weighted by molar-refractivity contribution is 5.54. The van der Waals surface area contributed by atoms with Crippen LogP contribution in [0.1, 0.15) is 19.5 Å². The maximum absolute atomic E-state index is 5.17. The van der Waals surface area contributed by atoms with E-state index in [-0.39, 0.29) is 0 Å². The van der Waals surface area contributed by atoms with Crippen LogP contribution in [0, 0.1) is 5.92 Å². The molecule has 5 nitrogen and oxygen atoms in total. The number of nitrogens with zero attached hydrogens (tertiary/aromatic N) is 3. The van der Waals surface area contributed by atoms with E-state index in [0.717, 1.165) is 17.7 Å². The average molecular weight is 233 g/mol. The molecule has 0 amide bonds. The lowest BCUT2D eigenvalue weighted by Crippen LogP contribution is -2.00. The fourth-order valence-electron chi connectivity index (χ4n) is 1.61. The van der Waals surface area contributed by atoms with Crippen LogP contribution < -0.4 is 4.74 Å². The van der Waals surface area contributed by atoms with Gasteiger partial charge >= 0.3 is 0 Å². The molecule has 0 saturated carbocycles. The summed E-state index contributed by atoms with van der Waals surface area (Å²) in [6, 6.07) is 3.74. The zero-order valence-corrected chi connectivity index (χ0v) is 10.2. The van der Waals surface area contributed by atoms with Crippen LogP contribution in [-0.4, -0.2) is 22.2 Å². The van der Waals surface area contributed by atoms with Gasteiger partial charge in [-0.05, 0) is 18.4 Å². The van der Waals surface area contributed by atoms with Crippen molar-refractivity contribution in [2.45, 2.75) is 20.3 Å². The Bertz CT molecular complexity index is 481. The first-order chi connectivity index (χ1) is 8.19. The van der Waals surface area contributed by atoms with Gasteiger partial charge in [-0.25, -0.2) is 4.98 Å². The average Bonchev–Trinajstić information content (AvgIpc) is 2.81. The van der Waals surface area contributed by atoms with Crippen molar-refractivity contribution in [3.05, 3.63) is 24.2 Å². The third kappa shape index (κ3) is 2.81. The van der Waals surface area contributed by atoms with E-state index in [4.69, 9.17) is 9.26 Å². The number of hydrogen-bond acceptors (Lipinski definition) is 5. The molecule has 0 aliphatic heterocycles. The van der Waals surface area contributed by atoms with E-state index in [1.165, 1.54) is 6.33 Å². The molecule has 0 spiro atoms. The summed E-state index contributed by atoms with van der Waals surface area (Å²) >= 11 is 0. The van der Waals surface area contributed by atoms with E-state index in [1.54, 1.807) is 13.2 Å². The number of hydrogen-bond donors (Lipinski definition) is 0. The quantitative estimate of drug-likeness (QED) is 0.811. The lowest BCUT2D eigenvalue weighted by Gasteiger charge is -2.07. The van der Waals surface area contributed by atoms with Crippen molar-refractivity contribution in [2.24, 2.45) is 5.92 Å². The van der Waals surface area contributed by atoms with Crippen molar-refractivity contribution in [3.8, 4) is 17.3 Å². The second-order valence-electron chi connectivity index (χ2n) is 4.23. The van der Waals surface area contributed by atoms with E-state index >= 15 is 0 Å². The van der Waals surface area contributed by atoms with Gasteiger partial charge in [0.05, 0.1) is 7.11 Å². The summed E-state index contributed by atoms with van der Waals surface area (Å²) in [5.74, 6) is 1.58. The fraction of sp³-hybridized carbons (Fsp3) is 0.417. The first-order valence-corrected chi connectivity index (χ1v) is 5.51. The minimum atomic E-state index is 0.482. The number of methoxy groups -OCH3 is 1. The molecule has 90 valence electrons. The van der Waals surface area contributed by atoms with Crippen molar-refractivity contribution < 1.29 is 9.26 Å². The Hall–Kier alpha value is -1.91. The molecular weight excluding hydrogens is 218 g/mol. The minimum Gasteiger partial charge on any atom is -0.481 e. The molecule has 0 N–H and O–H groups in total. The van der Waals surface area contributed by atoms with Gasteiger partial charge in [0.25, 0.3) is 5.89 Å².